The van der Waals surface area contributed by atoms with Crippen LogP contribution in [0.1, 0.15) is 19.4 Å². The average Bonchev–Trinajstić information content (AvgIpc) is 2.28. The molecule has 1 amide bonds. The summed E-state index contributed by atoms with van der Waals surface area (Å²) in [7, 11) is 0. The number of carbonyl (C=O) groups excluding carboxylic acids is 1. The number of halogens is 1. The van der Waals surface area contributed by atoms with Crippen molar-refractivity contribution in [3.05, 3.63) is 28.2 Å². The Balaban J connectivity index is 2.78. The van der Waals surface area contributed by atoms with Gasteiger partial charge in [0.05, 0.1) is 12.3 Å². The maximum Gasteiger partial charge on any atom is 0.411 e. The zero-order chi connectivity index (χ0) is 13.7. The van der Waals surface area contributed by atoms with Gasteiger partial charge < -0.3 is 10.5 Å². The van der Waals surface area contributed by atoms with Crippen LogP contribution in [0, 0.1) is 5.92 Å². The smallest absolute Gasteiger partial charge is 0.411 e. The first-order valence-electron chi connectivity index (χ1n) is 5.43. The minimum atomic E-state index is -0.511. The van der Waals surface area contributed by atoms with E-state index in [-0.39, 0.29) is 10.9 Å². The van der Waals surface area contributed by atoms with Gasteiger partial charge in [0.1, 0.15) is 4.99 Å². The third kappa shape index (κ3) is 4.62. The molecule has 0 aliphatic heterocycles. The fourth-order valence-corrected chi connectivity index (χ4v) is 1.75. The molecule has 1 aromatic rings. The molecule has 0 aliphatic carbocycles. The lowest BCUT2D eigenvalue weighted by Crippen LogP contribution is -2.20. The summed E-state index contributed by atoms with van der Waals surface area (Å²) < 4.78 is 5.87. The van der Waals surface area contributed by atoms with Crippen molar-refractivity contribution in [2.45, 2.75) is 13.8 Å². The van der Waals surface area contributed by atoms with Crippen LogP contribution in [0.5, 0.6) is 0 Å². The van der Waals surface area contributed by atoms with Gasteiger partial charge in [-0.05, 0) is 24.1 Å². The topological polar surface area (TPSA) is 64.3 Å². The second kappa shape index (κ2) is 6.70. The summed E-state index contributed by atoms with van der Waals surface area (Å²) in [5, 5.41) is 2.62. The van der Waals surface area contributed by atoms with Gasteiger partial charge in [0, 0.05) is 10.0 Å². The van der Waals surface area contributed by atoms with Crippen molar-refractivity contribution in [1.29, 1.82) is 0 Å². The summed E-state index contributed by atoms with van der Waals surface area (Å²) in [5.74, 6) is 0.288. The molecule has 0 saturated carbocycles. The molecule has 3 N–H and O–H groups in total. The van der Waals surface area contributed by atoms with E-state index in [1.165, 1.54) is 0 Å². The highest BCUT2D eigenvalue weighted by Crippen LogP contribution is 2.21. The van der Waals surface area contributed by atoms with Crippen molar-refractivity contribution in [3.8, 4) is 0 Å². The fraction of sp³-hybridized carbons (Fsp3) is 0.333. The van der Waals surface area contributed by atoms with Gasteiger partial charge in [-0.1, -0.05) is 42.0 Å². The lowest BCUT2D eigenvalue weighted by Gasteiger charge is -2.12. The summed E-state index contributed by atoms with van der Waals surface area (Å²) in [6, 6.07) is 5.26. The van der Waals surface area contributed by atoms with Crippen LogP contribution in [0.3, 0.4) is 0 Å². The Morgan fingerprint density at radius 2 is 2.22 bits per heavy atom. The molecule has 1 rings (SSSR count). The summed E-state index contributed by atoms with van der Waals surface area (Å²) in [4.78, 5) is 11.8. The molecule has 98 valence electrons. The molecule has 18 heavy (non-hydrogen) atoms. The Labute approximate surface area is 120 Å². The van der Waals surface area contributed by atoms with E-state index in [0.29, 0.717) is 17.9 Å². The zero-order valence-electron chi connectivity index (χ0n) is 10.2. The maximum atomic E-state index is 11.5. The molecule has 0 radical (unpaired) electrons. The number of ether oxygens (including phenoxy) is 1. The van der Waals surface area contributed by atoms with E-state index in [4.69, 9.17) is 22.7 Å². The molecular formula is C12H15BrN2O2S. The van der Waals surface area contributed by atoms with Crippen LogP contribution in [-0.2, 0) is 4.74 Å². The number of anilines is 1. The second-order valence-electron chi connectivity index (χ2n) is 4.17. The van der Waals surface area contributed by atoms with Crippen LogP contribution < -0.4 is 11.1 Å². The highest BCUT2D eigenvalue weighted by molar-refractivity contribution is 9.10. The quantitative estimate of drug-likeness (QED) is 0.831. The monoisotopic (exact) mass is 330 g/mol. The standard InChI is InChI=1S/C12H15BrN2O2S/c1-7(2)6-17-12(16)15-10-4-3-8(13)5-9(10)11(14)18/h3-5,7H,6H2,1-2H3,(H2,14,18)(H,15,16). The Kier molecular flexibility index (Phi) is 5.55. The van der Waals surface area contributed by atoms with E-state index in [9.17, 15) is 4.79 Å². The number of benzene rings is 1. The van der Waals surface area contributed by atoms with Gasteiger partial charge in [-0.15, -0.1) is 0 Å². The summed E-state index contributed by atoms with van der Waals surface area (Å²) >= 11 is 8.25. The Morgan fingerprint density at radius 3 is 2.78 bits per heavy atom. The Bertz CT molecular complexity index is 463. The third-order valence-corrected chi connectivity index (χ3v) is 2.74. The first-order valence-corrected chi connectivity index (χ1v) is 6.63. The van der Waals surface area contributed by atoms with Crippen LogP contribution >= 0.6 is 28.1 Å². The molecule has 6 heteroatoms. The van der Waals surface area contributed by atoms with Crippen LogP contribution in [-0.4, -0.2) is 17.7 Å². The van der Waals surface area contributed by atoms with E-state index < -0.39 is 6.09 Å². The Morgan fingerprint density at radius 1 is 1.56 bits per heavy atom. The number of hydrogen-bond acceptors (Lipinski definition) is 3. The summed E-state index contributed by atoms with van der Waals surface area (Å²) in [6.45, 7) is 4.30. The molecule has 1 aromatic carbocycles. The van der Waals surface area contributed by atoms with Crippen molar-refractivity contribution < 1.29 is 9.53 Å². The maximum absolute atomic E-state index is 11.5. The van der Waals surface area contributed by atoms with Gasteiger partial charge in [0.2, 0.25) is 0 Å². The minimum absolute atomic E-state index is 0.218. The fourth-order valence-electron chi connectivity index (χ4n) is 1.22. The number of rotatable bonds is 4. The van der Waals surface area contributed by atoms with Crippen LogP contribution in [0.2, 0.25) is 0 Å². The molecule has 0 saturated heterocycles. The van der Waals surface area contributed by atoms with E-state index in [2.05, 4.69) is 21.2 Å². The Hall–Kier alpha value is -1.14. The van der Waals surface area contributed by atoms with E-state index >= 15 is 0 Å². The number of amides is 1. The van der Waals surface area contributed by atoms with E-state index in [0.717, 1.165) is 4.47 Å². The number of nitrogens with one attached hydrogen (secondary N) is 1. The van der Waals surface area contributed by atoms with Crippen molar-refractivity contribution in [2.24, 2.45) is 11.7 Å². The SMILES string of the molecule is CC(C)COC(=O)Nc1ccc(Br)cc1C(N)=S. The normalized spacial score (nSPS) is 10.2. The van der Waals surface area contributed by atoms with Crippen LogP contribution in [0.25, 0.3) is 0 Å². The minimum Gasteiger partial charge on any atom is -0.449 e. The third-order valence-electron chi connectivity index (χ3n) is 2.03. The van der Waals surface area contributed by atoms with Crippen LogP contribution in [0.15, 0.2) is 22.7 Å². The molecule has 0 fully saturated rings. The molecule has 4 nitrogen and oxygen atoms in total. The average molecular weight is 331 g/mol. The summed E-state index contributed by atoms with van der Waals surface area (Å²) in [5.41, 5.74) is 6.74. The number of carbonyl (C=O) groups is 1. The molecule has 0 atom stereocenters. The van der Waals surface area contributed by atoms with Crippen molar-refractivity contribution >= 4 is 44.9 Å². The predicted octanol–water partition coefficient (Wildman–Crippen LogP) is 3.29. The van der Waals surface area contributed by atoms with Gasteiger partial charge >= 0.3 is 6.09 Å². The van der Waals surface area contributed by atoms with E-state index in [1.807, 2.05) is 13.8 Å². The van der Waals surface area contributed by atoms with Crippen molar-refractivity contribution in [3.63, 3.8) is 0 Å². The molecule has 0 aromatic heterocycles. The lowest BCUT2D eigenvalue weighted by molar-refractivity contribution is 0.147. The first kappa shape index (κ1) is 14.9. The number of nitrogens with two attached hydrogens (primary N) is 1. The highest BCUT2D eigenvalue weighted by Gasteiger charge is 2.10. The van der Waals surface area contributed by atoms with Crippen molar-refractivity contribution in [2.75, 3.05) is 11.9 Å². The van der Waals surface area contributed by atoms with Crippen molar-refractivity contribution in [1.82, 2.24) is 0 Å². The molecule has 0 unspecified atom stereocenters. The molecule has 0 heterocycles. The number of hydrogen-bond donors (Lipinski definition) is 2. The summed E-state index contributed by atoms with van der Waals surface area (Å²) in [6.07, 6.45) is -0.511. The predicted molar refractivity (Wildman–Crippen MR) is 79.8 cm³/mol. The van der Waals surface area contributed by atoms with Gasteiger partial charge in [-0.2, -0.15) is 0 Å². The number of thiocarbonyl (C=S) groups is 1. The van der Waals surface area contributed by atoms with Crippen LogP contribution in [0.4, 0.5) is 10.5 Å². The molecular weight excluding hydrogens is 316 g/mol. The largest absolute Gasteiger partial charge is 0.449 e. The molecule has 0 bridgehead atoms. The molecule has 0 aliphatic rings. The van der Waals surface area contributed by atoms with Gasteiger partial charge in [-0.25, -0.2) is 4.79 Å². The molecule has 0 spiro atoms. The highest BCUT2D eigenvalue weighted by atomic mass is 79.9. The van der Waals surface area contributed by atoms with Gasteiger partial charge in [-0.3, -0.25) is 5.32 Å². The first-order chi connectivity index (χ1) is 8.40. The zero-order valence-corrected chi connectivity index (χ0v) is 12.6. The second-order valence-corrected chi connectivity index (χ2v) is 5.53. The van der Waals surface area contributed by atoms with Gasteiger partial charge in [0.25, 0.3) is 0 Å². The van der Waals surface area contributed by atoms with Gasteiger partial charge in [0.15, 0.2) is 0 Å². The van der Waals surface area contributed by atoms with E-state index in [1.54, 1.807) is 18.2 Å². The lowest BCUT2D eigenvalue weighted by atomic mass is 10.2.